The molecule has 2 aromatic heterocycles. The van der Waals surface area contributed by atoms with Gasteiger partial charge in [-0.05, 0) is 48.9 Å². The first-order valence-electron chi connectivity index (χ1n) is 10.7. The van der Waals surface area contributed by atoms with Crippen molar-refractivity contribution in [3.63, 3.8) is 0 Å². The van der Waals surface area contributed by atoms with Gasteiger partial charge in [0.05, 0.1) is 16.1 Å². The van der Waals surface area contributed by atoms with Crippen LogP contribution in [0.5, 0.6) is 0 Å². The van der Waals surface area contributed by atoms with Crippen LogP contribution in [0.4, 0.5) is 16.2 Å². The third-order valence-electron chi connectivity index (χ3n) is 6.19. The van der Waals surface area contributed by atoms with Crippen LogP contribution in [-0.4, -0.2) is 32.8 Å². The van der Waals surface area contributed by atoms with Crippen LogP contribution >= 0.6 is 11.6 Å². The Kier molecular flexibility index (Phi) is 5.43. The Hall–Kier alpha value is -3.19. The van der Waals surface area contributed by atoms with Crippen LogP contribution in [0.1, 0.15) is 18.4 Å². The van der Waals surface area contributed by atoms with Crippen molar-refractivity contribution in [2.75, 3.05) is 23.7 Å². The second-order valence-electron chi connectivity index (χ2n) is 8.33. The van der Waals surface area contributed by atoms with E-state index in [0.29, 0.717) is 40.0 Å². The number of rotatable bonds is 4. The van der Waals surface area contributed by atoms with Crippen LogP contribution in [0, 0.1) is 11.7 Å². The third kappa shape index (κ3) is 3.88. The monoisotopic (exact) mass is 450 g/mol. The largest absolute Gasteiger partial charge is 0.383 e. The minimum Gasteiger partial charge on any atom is -0.383 e. The van der Waals surface area contributed by atoms with Crippen molar-refractivity contribution >= 4 is 34.4 Å². The predicted octanol–water partition coefficient (Wildman–Crippen LogP) is 4.86. The standard InChI is InChI=1S/C24H24ClFN6/c1-31-22(27)20-21(17-7-8-19(26)18(25)14-17)28-24(29-23(20)30-31)32-11-9-16(10-12-32)13-15-5-3-2-4-6-15/h2-8,14,16H,9-13,27H2,1H3. The molecule has 1 fully saturated rings. The van der Waals surface area contributed by atoms with E-state index in [4.69, 9.17) is 27.3 Å². The number of piperidine rings is 1. The Morgan fingerprint density at radius 3 is 2.56 bits per heavy atom. The predicted molar refractivity (Wildman–Crippen MR) is 126 cm³/mol. The minimum absolute atomic E-state index is 0.0417. The normalized spacial score (nSPS) is 14.9. The molecule has 2 aromatic carbocycles. The van der Waals surface area contributed by atoms with E-state index >= 15 is 0 Å². The summed E-state index contributed by atoms with van der Waals surface area (Å²) < 4.78 is 15.3. The van der Waals surface area contributed by atoms with Gasteiger partial charge in [0.25, 0.3) is 0 Å². The second kappa shape index (κ2) is 8.39. The number of hydrogen-bond donors (Lipinski definition) is 1. The number of aryl methyl sites for hydroxylation is 1. The number of nitrogens with two attached hydrogens (primary N) is 1. The van der Waals surface area contributed by atoms with Crippen molar-refractivity contribution in [3.05, 3.63) is 64.9 Å². The second-order valence-corrected chi connectivity index (χ2v) is 8.74. The number of benzene rings is 2. The van der Waals surface area contributed by atoms with Gasteiger partial charge >= 0.3 is 0 Å². The van der Waals surface area contributed by atoms with Crippen LogP contribution in [0.15, 0.2) is 48.5 Å². The van der Waals surface area contributed by atoms with Gasteiger partial charge in [0.15, 0.2) is 5.65 Å². The number of nitrogens with zero attached hydrogens (tertiary/aromatic N) is 5. The SMILES string of the molecule is Cn1nc2nc(N3CCC(Cc4ccccc4)CC3)nc(-c3ccc(F)c(Cl)c3)c2c1N. The van der Waals surface area contributed by atoms with Crippen molar-refractivity contribution in [1.82, 2.24) is 19.7 Å². The lowest BCUT2D eigenvalue weighted by Gasteiger charge is -2.32. The first-order chi connectivity index (χ1) is 15.5. The summed E-state index contributed by atoms with van der Waals surface area (Å²) in [6.07, 6.45) is 3.22. The topological polar surface area (TPSA) is 72.9 Å². The Balaban J connectivity index is 1.45. The maximum Gasteiger partial charge on any atom is 0.228 e. The van der Waals surface area contributed by atoms with Crippen molar-refractivity contribution in [1.29, 1.82) is 0 Å². The van der Waals surface area contributed by atoms with Gasteiger partial charge in [0, 0.05) is 25.7 Å². The average Bonchev–Trinajstić information content (AvgIpc) is 3.10. The molecule has 0 unspecified atom stereocenters. The molecule has 0 amide bonds. The highest BCUT2D eigenvalue weighted by molar-refractivity contribution is 6.31. The molecule has 5 rings (SSSR count). The zero-order valence-corrected chi connectivity index (χ0v) is 18.6. The van der Waals surface area contributed by atoms with Crippen LogP contribution < -0.4 is 10.6 Å². The fourth-order valence-corrected chi connectivity index (χ4v) is 4.56. The van der Waals surface area contributed by atoms with E-state index < -0.39 is 5.82 Å². The molecule has 3 heterocycles. The summed E-state index contributed by atoms with van der Waals surface area (Å²) >= 11 is 6.05. The third-order valence-corrected chi connectivity index (χ3v) is 6.47. The fourth-order valence-electron chi connectivity index (χ4n) is 4.38. The maximum atomic E-state index is 13.8. The van der Waals surface area contributed by atoms with Crippen molar-refractivity contribution < 1.29 is 4.39 Å². The van der Waals surface area contributed by atoms with Gasteiger partial charge in [-0.15, -0.1) is 0 Å². The molecule has 0 bridgehead atoms. The fraction of sp³-hybridized carbons (Fsp3) is 0.292. The van der Waals surface area contributed by atoms with Gasteiger partial charge in [-0.3, -0.25) is 4.68 Å². The van der Waals surface area contributed by atoms with E-state index in [-0.39, 0.29) is 5.02 Å². The highest BCUT2D eigenvalue weighted by Gasteiger charge is 2.24. The Bertz CT molecular complexity index is 1260. The number of fused-ring (bicyclic) bond motifs is 1. The molecule has 4 aromatic rings. The molecule has 2 N–H and O–H groups in total. The number of halogens is 2. The molecule has 1 saturated heterocycles. The number of aromatic nitrogens is 4. The van der Waals surface area contributed by atoms with E-state index in [1.54, 1.807) is 23.9 Å². The van der Waals surface area contributed by atoms with Crippen LogP contribution in [0.25, 0.3) is 22.3 Å². The van der Waals surface area contributed by atoms with Gasteiger partial charge < -0.3 is 10.6 Å². The summed E-state index contributed by atoms with van der Waals surface area (Å²) in [7, 11) is 1.77. The zero-order chi connectivity index (χ0) is 22.2. The molecule has 0 saturated carbocycles. The summed E-state index contributed by atoms with van der Waals surface area (Å²) in [5, 5.41) is 5.16. The quantitative estimate of drug-likeness (QED) is 0.480. The summed E-state index contributed by atoms with van der Waals surface area (Å²) in [6.45, 7) is 1.74. The Morgan fingerprint density at radius 1 is 1.09 bits per heavy atom. The van der Waals surface area contributed by atoms with Crippen LogP contribution in [-0.2, 0) is 13.5 Å². The van der Waals surface area contributed by atoms with Crippen molar-refractivity contribution in [2.24, 2.45) is 13.0 Å². The van der Waals surface area contributed by atoms with Gasteiger partial charge in [-0.25, -0.2) is 9.37 Å². The van der Waals surface area contributed by atoms with Crippen molar-refractivity contribution in [3.8, 4) is 11.3 Å². The molecule has 164 valence electrons. The highest BCUT2D eigenvalue weighted by Crippen LogP contribution is 2.34. The number of anilines is 2. The van der Waals surface area contributed by atoms with E-state index in [2.05, 4.69) is 40.3 Å². The summed E-state index contributed by atoms with van der Waals surface area (Å²) in [5.41, 5.74) is 9.47. The highest BCUT2D eigenvalue weighted by atomic mass is 35.5. The molecule has 0 spiro atoms. The average molecular weight is 451 g/mol. The minimum atomic E-state index is -0.472. The summed E-state index contributed by atoms with van der Waals surface area (Å²) in [5.74, 6) is 1.24. The lowest BCUT2D eigenvalue weighted by molar-refractivity contribution is 0.401. The Labute approximate surface area is 190 Å². The molecule has 6 nitrogen and oxygen atoms in total. The molecule has 8 heteroatoms. The molecular formula is C24H24ClFN6. The molecular weight excluding hydrogens is 427 g/mol. The van der Waals surface area contributed by atoms with E-state index in [1.165, 1.54) is 11.6 Å². The molecule has 32 heavy (non-hydrogen) atoms. The first-order valence-corrected chi connectivity index (χ1v) is 11.1. The van der Waals surface area contributed by atoms with E-state index in [1.807, 2.05) is 0 Å². The lowest BCUT2D eigenvalue weighted by atomic mass is 9.90. The summed E-state index contributed by atoms with van der Waals surface area (Å²) in [4.78, 5) is 11.8. The van der Waals surface area contributed by atoms with Gasteiger partial charge in [0.2, 0.25) is 5.95 Å². The van der Waals surface area contributed by atoms with E-state index in [9.17, 15) is 4.39 Å². The Morgan fingerprint density at radius 2 is 1.84 bits per heavy atom. The summed E-state index contributed by atoms with van der Waals surface area (Å²) in [6, 6.07) is 15.2. The van der Waals surface area contributed by atoms with Crippen LogP contribution in [0.2, 0.25) is 5.02 Å². The van der Waals surface area contributed by atoms with Gasteiger partial charge in [-0.1, -0.05) is 41.9 Å². The van der Waals surface area contributed by atoms with Gasteiger partial charge in [0.1, 0.15) is 11.6 Å². The molecule has 0 atom stereocenters. The van der Waals surface area contributed by atoms with Crippen molar-refractivity contribution in [2.45, 2.75) is 19.3 Å². The van der Waals surface area contributed by atoms with Crippen LogP contribution in [0.3, 0.4) is 0 Å². The lowest BCUT2D eigenvalue weighted by Crippen LogP contribution is -2.35. The molecule has 0 radical (unpaired) electrons. The van der Waals surface area contributed by atoms with Gasteiger partial charge in [-0.2, -0.15) is 10.1 Å². The number of nitrogen functional groups attached to an aromatic ring is 1. The molecule has 1 aliphatic rings. The maximum absolute atomic E-state index is 13.8. The number of hydrogen-bond acceptors (Lipinski definition) is 5. The van der Waals surface area contributed by atoms with E-state index in [0.717, 1.165) is 32.4 Å². The zero-order valence-electron chi connectivity index (χ0n) is 17.8. The smallest absolute Gasteiger partial charge is 0.228 e. The molecule has 0 aliphatic carbocycles. The first kappa shape index (κ1) is 20.7. The molecule has 1 aliphatic heterocycles.